The predicted octanol–water partition coefficient (Wildman–Crippen LogP) is 3.85. The van der Waals surface area contributed by atoms with Crippen LogP contribution in [-0.2, 0) is 6.54 Å². The first-order valence-electron chi connectivity index (χ1n) is 7.54. The summed E-state index contributed by atoms with van der Waals surface area (Å²) in [6, 6.07) is 11.5. The molecule has 0 spiro atoms. The average molecular weight is 353 g/mol. The number of aryl methyl sites for hydroxylation is 1. The molecule has 1 amide bonds. The Bertz CT molecular complexity index is 1060. The van der Waals surface area contributed by atoms with Crippen LogP contribution in [-0.4, -0.2) is 15.4 Å². The largest absolute Gasteiger partial charge is 0.312 e. The maximum Gasteiger partial charge on any atom is 0.279 e. The fraction of sp³-hybridized carbons (Fsp3) is 0.111. The predicted molar refractivity (Wildman–Crippen MR) is 97.7 cm³/mol. The number of benzene rings is 2. The number of nitro benzene ring substituents is 1. The number of carbonyl (C=O) groups excluding carboxylic acids is 1. The number of rotatable bonds is 4. The second-order valence-corrected chi connectivity index (χ2v) is 6.44. The Kier molecular flexibility index (Phi) is 4.58. The van der Waals surface area contributed by atoms with E-state index in [1.54, 1.807) is 6.08 Å². The summed E-state index contributed by atoms with van der Waals surface area (Å²) in [7, 11) is 0. The van der Waals surface area contributed by atoms with Crippen LogP contribution in [0.15, 0.2) is 60.1 Å². The van der Waals surface area contributed by atoms with E-state index in [0.29, 0.717) is 11.3 Å². The van der Waals surface area contributed by atoms with Crippen molar-refractivity contribution in [3.63, 3.8) is 0 Å². The molecule has 1 aromatic heterocycles. The van der Waals surface area contributed by atoms with E-state index in [9.17, 15) is 14.9 Å². The summed E-state index contributed by atoms with van der Waals surface area (Å²) in [5.74, 6) is -0.509. The molecule has 7 heteroatoms. The maximum atomic E-state index is 12.5. The van der Waals surface area contributed by atoms with Gasteiger partial charge >= 0.3 is 0 Å². The van der Waals surface area contributed by atoms with E-state index in [2.05, 4.69) is 11.6 Å². The van der Waals surface area contributed by atoms with Crippen LogP contribution in [0.5, 0.6) is 0 Å². The molecule has 1 heterocycles. The highest BCUT2D eigenvalue weighted by atomic mass is 32.1. The number of non-ortho nitro benzene ring substituents is 1. The minimum atomic E-state index is -0.530. The quantitative estimate of drug-likeness (QED) is 0.406. The third-order valence-corrected chi connectivity index (χ3v) is 4.76. The highest BCUT2D eigenvalue weighted by Crippen LogP contribution is 2.21. The van der Waals surface area contributed by atoms with E-state index in [1.807, 2.05) is 29.7 Å². The van der Waals surface area contributed by atoms with Crippen molar-refractivity contribution in [2.45, 2.75) is 13.5 Å². The number of thiazole rings is 1. The molecule has 25 heavy (non-hydrogen) atoms. The van der Waals surface area contributed by atoms with E-state index in [-0.39, 0.29) is 11.3 Å². The molecule has 0 atom stereocenters. The molecule has 3 aromatic rings. The molecule has 126 valence electrons. The lowest BCUT2D eigenvalue weighted by atomic mass is 10.2. The number of nitro groups is 1. The molecule has 6 nitrogen and oxygen atoms in total. The van der Waals surface area contributed by atoms with E-state index >= 15 is 0 Å². The van der Waals surface area contributed by atoms with Gasteiger partial charge in [-0.25, -0.2) is 0 Å². The SMILES string of the molecule is C=CCn1c(=NC(=O)c2cccc([N+](=O)[O-])c2)sc2cccc(C)c21. The van der Waals surface area contributed by atoms with E-state index in [4.69, 9.17) is 0 Å². The van der Waals surface area contributed by atoms with Gasteiger partial charge in [-0.05, 0) is 24.6 Å². The van der Waals surface area contributed by atoms with Crippen molar-refractivity contribution in [3.05, 3.63) is 81.2 Å². The van der Waals surface area contributed by atoms with Gasteiger partial charge in [0, 0.05) is 24.2 Å². The van der Waals surface area contributed by atoms with Crippen molar-refractivity contribution in [1.29, 1.82) is 0 Å². The van der Waals surface area contributed by atoms with Crippen LogP contribution in [0.4, 0.5) is 5.69 Å². The lowest BCUT2D eigenvalue weighted by molar-refractivity contribution is -0.384. The summed E-state index contributed by atoms with van der Waals surface area (Å²) >= 11 is 1.41. The van der Waals surface area contributed by atoms with E-state index in [0.717, 1.165) is 15.8 Å². The van der Waals surface area contributed by atoms with Gasteiger partial charge in [-0.2, -0.15) is 4.99 Å². The molecule has 0 aliphatic carbocycles. The first-order chi connectivity index (χ1) is 12.0. The lowest BCUT2D eigenvalue weighted by Gasteiger charge is -2.03. The van der Waals surface area contributed by atoms with Gasteiger partial charge in [0.05, 0.1) is 15.1 Å². The zero-order chi connectivity index (χ0) is 18.0. The third-order valence-electron chi connectivity index (χ3n) is 3.72. The summed E-state index contributed by atoms with van der Waals surface area (Å²) in [6.07, 6.45) is 1.75. The summed E-state index contributed by atoms with van der Waals surface area (Å²) in [4.78, 5) is 27.6. The van der Waals surface area contributed by atoms with Crippen LogP contribution in [0.3, 0.4) is 0 Å². The Morgan fingerprint density at radius 3 is 2.84 bits per heavy atom. The van der Waals surface area contributed by atoms with E-state index in [1.165, 1.54) is 35.6 Å². The van der Waals surface area contributed by atoms with Crippen molar-refractivity contribution >= 4 is 33.1 Å². The Hall–Kier alpha value is -3.06. The maximum absolute atomic E-state index is 12.5. The minimum absolute atomic E-state index is 0.132. The smallest absolute Gasteiger partial charge is 0.279 e. The van der Waals surface area contributed by atoms with Crippen LogP contribution < -0.4 is 4.80 Å². The van der Waals surface area contributed by atoms with Crippen molar-refractivity contribution in [2.24, 2.45) is 4.99 Å². The highest BCUT2D eigenvalue weighted by Gasteiger charge is 2.13. The third kappa shape index (κ3) is 3.27. The molecule has 2 aromatic carbocycles. The minimum Gasteiger partial charge on any atom is -0.312 e. The van der Waals surface area contributed by atoms with Crippen LogP contribution in [0.1, 0.15) is 15.9 Å². The molecule has 0 aliphatic rings. The Morgan fingerprint density at radius 1 is 1.36 bits per heavy atom. The number of aromatic nitrogens is 1. The zero-order valence-corrected chi connectivity index (χ0v) is 14.3. The van der Waals surface area contributed by atoms with Gasteiger partial charge in [0.25, 0.3) is 11.6 Å². The molecule has 0 saturated heterocycles. The number of amides is 1. The zero-order valence-electron chi connectivity index (χ0n) is 13.5. The number of allylic oxidation sites excluding steroid dienone is 1. The van der Waals surface area contributed by atoms with Gasteiger partial charge < -0.3 is 4.57 Å². The number of fused-ring (bicyclic) bond motifs is 1. The lowest BCUT2D eigenvalue weighted by Crippen LogP contribution is -2.16. The molecule has 0 unspecified atom stereocenters. The van der Waals surface area contributed by atoms with Crippen molar-refractivity contribution in [2.75, 3.05) is 0 Å². The fourth-order valence-electron chi connectivity index (χ4n) is 2.59. The van der Waals surface area contributed by atoms with Gasteiger partial charge in [-0.3, -0.25) is 14.9 Å². The molecular weight excluding hydrogens is 338 g/mol. The molecule has 0 radical (unpaired) electrons. The first kappa shape index (κ1) is 16.8. The first-order valence-corrected chi connectivity index (χ1v) is 8.36. The van der Waals surface area contributed by atoms with Crippen LogP contribution >= 0.6 is 11.3 Å². The highest BCUT2D eigenvalue weighted by molar-refractivity contribution is 7.16. The van der Waals surface area contributed by atoms with Crippen molar-refractivity contribution in [1.82, 2.24) is 4.57 Å². The summed E-state index contributed by atoms with van der Waals surface area (Å²) in [5.41, 5.74) is 2.15. The van der Waals surface area contributed by atoms with Crippen LogP contribution in [0, 0.1) is 17.0 Å². The molecule has 0 saturated carbocycles. The second-order valence-electron chi connectivity index (χ2n) is 5.43. The topological polar surface area (TPSA) is 77.5 Å². The molecule has 0 fully saturated rings. The number of carbonyl (C=O) groups is 1. The second kappa shape index (κ2) is 6.82. The normalized spacial score (nSPS) is 11.6. The van der Waals surface area contributed by atoms with Gasteiger partial charge in [0.15, 0.2) is 4.80 Å². The fourth-order valence-corrected chi connectivity index (χ4v) is 3.71. The standard InChI is InChI=1S/C18H15N3O3S/c1-3-10-20-16-12(2)6-4-9-15(16)25-18(20)19-17(22)13-7-5-8-14(11-13)21(23)24/h3-9,11H,1,10H2,2H3. The summed E-state index contributed by atoms with van der Waals surface area (Å²) in [5, 5.41) is 10.9. The van der Waals surface area contributed by atoms with Crippen molar-refractivity contribution < 1.29 is 9.72 Å². The van der Waals surface area contributed by atoms with Crippen LogP contribution in [0.25, 0.3) is 10.2 Å². The average Bonchev–Trinajstić information content (AvgIpc) is 2.94. The van der Waals surface area contributed by atoms with E-state index < -0.39 is 10.8 Å². The van der Waals surface area contributed by atoms with Gasteiger partial charge in [0.2, 0.25) is 0 Å². The van der Waals surface area contributed by atoms with Gasteiger partial charge in [-0.15, -0.1) is 6.58 Å². The van der Waals surface area contributed by atoms with Crippen LogP contribution in [0.2, 0.25) is 0 Å². The molecular formula is C18H15N3O3S. The Labute approximate surface area is 147 Å². The Balaban J connectivity index is 2.15. The molecule has 0 N–H and O–H groups in total. The summed E-state index contributed by atoms with van der Waals surface area (Å²) in [6.45, 7) is 6.28. The number of nitrogens with zero attached hydrogens (tertiary/aromatic N) is 3. The monoisotopic (exact) mass is 353 g/mol. The van der Waals surface area contributed by atoms with Gasteiger partial charge in [-0.1, -0.05) is 35.6 Å². The van der Waals surface area contributed by atoms with Crippen molar-refractivity contribution in [3.8, 4) is 0 Å². The summed E-state index contributed by atoms with van der Waals surface area (Å²) < 4.78 is 2.95. The number of para-hydroxylation sites is 1. The molecule has 0 aliphatic heterocycles. The number of hydrogen-bond acceptors (Lipinski definition) is 4. The Morgan fingerprint density at radius 2 is 2.12 bits per heavy atom. The van der Waals surface area contributed by atoms with Gasteiger partial charge in [0.1, 0.15) is 0 Å². The molecule has 3 rings (SSSR count). The molecule has 0 bridgehead atoms. The number of hydrogen-bond donors (Lipinski definition) is 0.